The summed E-state index contributed by atoms with van der Waals surface area (Å²) in [5, 5.41) is 0. The van der Waals surface area contributed by atoms with Crippen LogP contribution >= 0.6 is 0 Å². The molecule has 3 aliphatic rings. The van der Waals surface area contributed by atoms with E-state index in [4.69, 9.17) is 18.9 Å². The Morgan fingerprint density at radius 3 is 1.22 bits per heavy atom. The zero-order valence-electron chi connectivity index (χ0n) is 47.1. The van der Waals surface area contributed by atoms with Crippen LogP contribution in [0.2, 0.25) is 0 Å². The summed E-state index contributed by atoms with van der Waals surface area (Å²) in [6.07, 6.45) is 56.0. The van der Waals surface area contributed by atoms with Crippen molar-refractivity contribution < 1.29 is 28.5 Å². The molecule has 5 rings (SSSR count). The third-order valence-electron chi connectivity index (χ3n) is 16.4. The summed E-state index contributed by atoms with van der Waals surface area (Å²) < 4.78 is 25.9. The molecule has 8 nitrogen and oxygen atoms in total. The molecule has 1 aliphatic heterocycles. The summed E-state index contributed by atoms with van der Waals surface area (Å²) in [7, 11) is 3.58. The Hall–Kier alpha value is -4.14. The molecule has 1 saturated heterocycles. The molecule has 0 bridgehead atoms. The first-order valence-corrected chi connectivity index (χ1v) is 30.1. The van der Waals surface area contributed by atoms with Gasteiger partial charge in [-0.25, -0.2) is 9.59 Å². The van der Waals surface area contributed by atoms with Gasteiger partial charge in [0.05, 0.1) is 24.3 Å². The minimum absolute atomic E-state index is 0.179. The van der Waals surface area contributed by atoms with Gasteiger partial charge >= 0.3 is 12.2 Å². The van der Waals surface area contributed by atoms with Crippen molar-refractivity contribution in [1.29, 1.82) is 0 Å². The lowest BCUT2D eigenvalue weighted by atomic mass is 9.66. The summed E-state index contributed by atoms with van der Waals surface area (Å²) in [4.78, 5) is 30.8. The second kappa shape index (κ2) is 36.0. The van der Waals surface area contributed by atoms with E-state index in [1.54, 1.807) is 23.9 Å². The Labute approximate surface area is 451 Å². The van der Waals surface area contributed by atoms with E-state index in [1.165, 1.54) is 154 Å². The average molecular weight is 1020 g/mol. The van der Waals surface area contributed by atoms with Crippen LogP contribution in [0.3, 0.4) is 0 Å². The maximum atomic E-state index is 13.7. The number of hydrogen-bond donors (Lipinski definition) is 0. The van der Waals surface area contributed by atoms with Crippen LogP contribution in [0, 0.1) is 5.41 Å². The lowest BCUT2D eigenvalue weighted by Gasteiger charge is -2.44. The van der Waals surface area contributed by atoms with Gasteiger partial charge in [-0.2, -0.15) is 0 Å². The monoisotopic (exact) mass is 1020 g/mol. The highest BCUT2D eigenvalue weighted by atomic mass is 16.8. The Morgan fingerprint density at radius 1 is 0.486 bits per heavy atom. The number of amides is 2. The van der Waals surface area contributed by atoms with Crippen molar-refractivity contribution in [2.45, 2.75) is 263 Å². The van der Waals surface area contributed by atoms with Gasteiger partial charge in [0.2, 0.25) is 0 Å². The second-order valence-electron chi connectivity index (χ2n) is 22.3. The Bertz CT molecular complexity index is 1770. The summed E-state index contributed by atoms with van der Waals surface area (Å²) in [6.45, 7) is 4.89. The first-order chi connectivity index (χ1) is 36.3. The van der Waals surface area contributed by atoms with Gasteiger partial charge in [-0.05, 0) is 119 Å². The van der Waals surface area contributed by atoms with Crippen molar-refractivity contribution in [2.24, 2.45) is 5.41 Å². The molecule has 2 aromatic carbocycles. The second-order valence-corrected chi connectivity index (χ2v) is 22.3. The van der Waals surface area contributed by atoms with Crippen LogP contribution in [0.5, 0.6) is 0 Å². The van der Waals surface area contributed by atoms with E-state index < -0.39 is 18.0 Å². The van der Waals surface area contributed by atoms with Crippen LogP contribution < -0.4 is 0 Å². The fourth-order valence-corrected chi connectivity index (χ4v) is 11.7. The topological polar surface area (TPSA) is 77.5 Å². The predicted octanol–water partition coefficient (Wildman–Crippen LogP) is 18.5. The van der Waals surface area contributed by atoms with Gasteiger partial charge in [-0.3, -0.25) is 0 Å². The Morgan fingerprint density at radius 2 is 0.838 bits per heavy atom. The molecular formula is C66H102N2O6. The summed E-state index contributed by atoms with van der Waals surface area (Å²) in [5.74, 6) is -0.629. The first kappa shape index (κ1) is 60.7. The van der Waals surface area contributed by atoms with E-state index in [1.807, 2.05) is 60.7 Å². The number of carbonyl (C=O) groups is 2. The van der Waals surface area contributed by atoms with Crippen molar-refractivity contribution in [2.75, 3.05) is 14.1 Å². The molecule has 0 aromatic heterocycles. The molecule has 3 fully saturated rings. The molecule has 1 spiro atoms. The van der Waals surface area contributed by atoms with Crippen LogP contribution in [-0.4, -0.2) is 66.2 Å². The summed E-state index contributed by atoms with van der Waals surface area (Å²) in [6, 6.07) is 18.8. The highest BCUT2D eigenvalue weighted by molar-refractivity contribution is 5.70. The number of nitrogens with zero attached hydrogens (tertiary/aromatic N) is 2. The third kappa shape index (κ3) is 22.6. The number of hydrogen-bond acceptors (Lipinski definition) is 6. The number of benzene rings is 2. The zero-order valence-corrected chi connectivity index (χ0v) is 47.1. The zero-order chi connectivity index (χ0) is 52.4. The number of ether oxygens (including phenoxy) is 4. The quantitative estimate of drug-likeness (QED) is 0.0500. The fourth-order valence-electron chi connectivity index (χ4n) is 11.7. The molecule has 2 unspecified atom stereocenters. The Balaban J connectivity index is 1.12. The van der Waals surface area contributed by atoms with Crippen LogP contribution in [-0.2, 0) is 32.2 Å². The molecule has 412 valence electrons. The number of allylic oxidation sites excluding steroid dienone is 8. The average Bonchev–Trinajstić information content (AvgIpc) is 3.79. The van der Waals surface area contributed by atoms with Crippen molar-refractivity contribution in [3.63, 3.8) is 0 Å². The molecule has 2 amide bonds. The van der Waals surface area contributed by atoms with Gasteiger partial charge in [0.1, 0.15) is 13.2 Å². The molecule has 2 aliphatic carbocycles. The SMILES string of the molecule is CCCCC/C=C\C/C=C\CCCCCCCCC1(CCCCCCCC/C=C\C/C=C\CCCCC)CCC2(CC1)O[C@H]1CC(N(C)C(=O)OCc3ccccc3)C(N(C)C(=O)OCc3ccccc3)C[C@@H]1O2. The van der Waals surface area contributed by atoms with Crippen molar-refractivity contribution in [3.05, 3.63) is 120 Å². The molecular weight excluding hydrogens is 917 g/mol. The van der Waals surface area contributed by atoms with Gasteiger partial charge in [0.25, 0.3) is 0 Å². The predicted molar refractivity (Wildman–Crippen MR) is 307 cm³/mol. The normalized spacial score (nSPS) is 20.3. The Kier molecular flexibility index (Phi) is 29.5. The number of carbonyl (C=O) groups excluding carboxylic acids is 2. The van der Waals surface area contributed by atoms with Crippen molar-refractivity contribution >= 4 is 12.2 Å². The van der Waals surface area contributed by atoms with Crippen LogP contribution in [0.15, 0.2) is 109 Å². The van der Waals surface area contributed by atoms with E-state index in [2.05, 4.69) is 62.5 Å². The fraction of sp³-hybridized carbons (Fsp3) is 0.667. The molecule has 4 atom stereocenters. The molecule has 1 heterocycles. The van der Waals surface area contributed by atoms with E-state index in [9.17, 15) is 9.59 Å². The van der Waals surface area contributed by atoms with E-state index in [-0.39, 0.29) is 37.5 Å². The van der Waals surface area contributed by atoms with Gasteiger partial charge in [-0.15, -0.1) is 0 Å². The van der Waals surface area contributed by atoms with Crippen LogP contribution in [0.4, 0.5) is 9.59 Å². The highest BCUT2D eigenvalue weighted by Gasteiger charge is 2.56. The lowest BCUT2D eigenvalue weighted by molar-refractivity contribution is -0.208. The van der Waals surface area contributed by atoms with Crippen LogP contribution in [0.25, 0.3) is 0 Å². The molecule has 0 radical (unpaired) electrons. The van der Waals surface area contributed by atoms with Crippen molar-refractivity contribution in [3.8, 4) is 0 Å². The first-order valence-electron chi connectivity index (χ1n) is 30.1. The molecule has 8 heteroatoms. The largest absolute Gasteiger partial charge is 0.445 e. The number of fused-ring (bicyclic) bond motifs is 1. The lowest BCUT2D eigenvalue weighted by Crippen LogP contribution is -2.59. The van der Waals surface area contributed by atoms with Gasteiger partial charge < -0.3 is 28.7 Å². The standard InChI is InChI=1S/C66H102N2O6/c1-5-7-9-11-13-15-17-19-21-23-25-27-29-31-33-41-47-65(48-42-34-32-30-28-26-24-22-20-18-16-14-12-10-8-6-2)49-51-66(52-50-65)73-61-53-59(67(3)63(69)71-55-57-43-37-35-38-44-57)60(54-62(61)74-66)68(4)64(70)72-56-58-45-39-36-40-46-58/h13-16,19-22,35-40,43-46,59-62H,5-12,17-18,23-34,41-42,47-56H2,1-4H3/b15-13-,16-14-,21-19-,22-20-/t59?,60?,61-,62-/m0/s1. The molecule has 2 aromatic rings. The number of rotatable bonds is 36. The maximum Gasteiger partial charge on any atom is 0.410 e. The number of unbranched alkanes of at least 4 members (excludes halogenated alkanes) is 18. The maximum absolute atomic E-state index is 13.7. The van der Waals surface area contributed by atoms with E-state index >= 15 is 0 Å². The van der Waals surface area contributed by atoms with Gasteiger partial charge in [-0.1, -0.05) is 213 Å². The van der Waals surface area contributed by atoms with Crippen LogP contribution in [0.1, 0.15) is 230 Å². The third-order valence-corrected chi connectivity index (χ3v) is 16.4. The molecule has 0 N–H and O–H groups in total. The number of likely N-dealkylation sites (N-methyl/N-ethyl adjacent to an activating group) is 2. The van der Waals surface area contributed by atoms with Crippen molar-refractivity contribution in [1.82, 2.24) is 9.80 Å². The van der Waals surface area contributed by atoms with E-state index in [0.717, 1.165) is 49.7 Å². The minimum atomic E-state index is -0.629. The smallest absolute Gasteiger partial charge is 0.410 e. The summed E-state index contributed by atoms with van der Waals surface area (Å²) in [5.41, 5.74) is 2.18. The highest BCUT2D eigenvalue weighted by Crippen LogP contribution is 2.53. The van der Waals surface area contributed by atoms with E-state index in [0.29, 0.717) is 18.3 Å². The molecule has 74 heavy (non-hydrogen) atoms. The van der Waals surface area contributed by atoms with Gasteiger partial charge in [0.15, 0.2) is 5.79 Å². The van der Waals surface area contributed by atoms with Gasteiger partial charge in [0, 0.05) is 26.9 Å². The molecule has 2 saturated carbocycles. The summed E-state index contributed by atoms with van der Waals surface area (Å²) >= 11 is 0. The minimum Gasteiger partial charge on any atom is -0.445 e.